The number of hydrogen-bond acceptors (Lipinski definition) is 5. The van der Waals surface area contributed by atoms with Crippen LogP contribution in [0, 0.1) is 5.82 Å². The van der Waals surface area contributed by atoms with Crippen molar-refractivity contribution >= 4 is 36.3 Å². The molecule has 0 amide bonds. The summed E-state index contributed by atoms with van der Waals surface area (Å²) in [6.45, 7) is 2.16. The number of rotatable bonds is 8. The normalized spacial score (nSPS) is 15.5. The van der Waals surface area contributed by atoms with Gasteiger partial charge in [0.25, 0.3) is 0 Å². The molecule has 0 bridgehead atoms. The van der Waals surface area contributed by atoms with Crippen LogP contribution in [0.4, 0.5) is 4.39 Å². The van der Waals surface area contributed by atoms with Gasteiger partial charge in [0.2, 0.25) is 10.0 Å². The number of aromatic amines is 1. The van der Waals surface area contributed by atoms with Gasteiger partial charge in [-0.25, -0.2) is 21.2 Å². The van der Waals surface area contributed by atoms with Crippen LogP contribution < -0.4 is 4.74 Å². The molecule has 0 fully saturated rings. The Hall–Kier alpha value is -2.69. The highest BCUT2D eigenvalue weighted by atomic mass is 32.2. The van der Waals surface area contributed by atoms with E-state index in [1.54, 1.807) is 13.0 Å². The molecule has 3 aromatic rings. The van der Waals surface area contributed by atoms with E-state index in [9.17, 15) is 21.2 Å². The fourth-order valence-corrected chi connectivity index (χ4v) is 5.77. The number of nitrogens with zero attached hydrogens (tertiary/aromatic N) is 1. The van der Waals surface area contributed by atoms with Gasteiger partial charge in [0, 0.05) is 41.5 Å². The quantitative estimate of drug-likeness (QED) is 0.518. The minimum atomic E-state index is -3.69. The van der Waals surface area contributed by atoms with Crippen molar-refractivity contribution in [3.63, 3.8) is 0 Å². The lowest BCUT2D eigenvalue weighted by molar-refractivity contribution is 0.340. The van der Waals surface area contributed by atoms with Crippen LogP contribution in [0.25, 0.3) is 16.5 Å². The predicted molar refractivity (Wildman–Crippen MR) is 126 cm³/mol. The number of halogens is 1. The number of aromatic nitrogens is 1. The van der Waals surface area contributed by atoms with Crippen molar-refractivity contribution in [2.75, 3.05) is 31.2 Å². The second-order valence-corrected chi connectivity index (χ2v) is 12.2. The van der Waals surface area contributed by atoms with Gasteiger partial charge in [0.1, 0.15) is 18.2 Å². The molecule has 1 aromatic heterocycles. The highest BCUT2D eigenvalue weighted by Gasteiger charge is 2.27. The van der Waals surface area contributed by atoms with Crippen molar-refractivity contribution in [1.82, 2.24) is 9.29 Å². The van der Waals surface area contributed by atoms with E-state index in [0.717, 1.165) is 16.5 Å². The number of H-pyrrole nitrogens is 1. The van der Waals surface area contributed by atoms with Crippen molar-refractivity contribution in [1.29, 1.82) is 0 Å². The maximum absolute atomic E-state index is 13.4. The molecule has 1 aliphatic rings. The molecule has 10 heteroatoms. The van der Waals surface area contributed by atoms with E-state index in [1.807, 2.05) is 12.3 Å². The van der Waals surface area contributed by atoms with Crippen molar-refractivity contribution in [2.45, 2.75) is 18.2 Å². The van der Waals surface area contributed by atoms with Crippen molar-refractivity contribution < 1.29 is 26.0 Å². The van der Waals surface area contributed by atoms with E-state index in [4.69, 9.17) is 4.74 Å². The van der Waals surface area contributed by atoms with Gasteiger partial charge in [0.15, 0.2) is 9.84 Å². The summed E-state index contributed by atoms with van der Waals surface area (Å²) in [5, 5.41) is 0.904. The number of hydrogen-bond donors (Lipinski definition) is 1. The Kier molecular flexibility index (Phi) is 6.60. The van der Waals surface area contributed by atoms with Crippen molar-refractivity contribution in [3.05, 3.63) is 66.1 Å². The SMILES string of the molecule is CCS(=O)(=O)CCOc1ccc(S(=O)(=O)N2CC=C(c3c[nH]c4cc(F)ccc34)CC2)cc1. The highest BCUT2D eigenvalue weighted by Crippen LogP contribution is 2.31. The number of fused-ring (bicyclic) bond motifs is 1. The topological polar surface area (TPSA) is 96.5 Å². The molecular weight excluding hydrogens is 467 g/mol. The number of benzene rings is 2. The van der Waals surface area contributed by atoms with Gasteiger partial charge in [-0.15, -0.1) is 0 Å². The first-order chi connectivity index (χ1) is 15.7. The summed E-state index contributed by atoms with van der Waals surface area (Å²) in [4.78, 5) is 3.22. The summed E-state index contributed by atoms with van der Waals surface area (Å²) in [6.07, 6.45) is 4.25. The van der Waals surface area contributed by atoms with E-state index in [0.29, 0.717) is 24.2 Å². The number of ether oxygens (including phenoxy) is 1. The Morgan fingerprint density at radius 2 is 1.85 bits per heavy atom. The minimum absolute atomic E-state index is 0.0163. The largest absolute Gasteiger partial charge is 0.493 e. The van der Waals surface area contributed by atoms with Gasteiger partial charge in [0.05, 0.1) is 10.6 Å². The zero-order valence-electron chi connectivity index (χ0n) is 18.1. The second-order valence-electron chi connectivity index (χ2n) is 7.79. The molecule has 0 atom stereocenters. The van der Waals surface area contributed by atoms with Gasteiger partial charge in [-0.2, -0.15) is 4.31 Å². The Labute approximate surface area is 192 Å². The molecule has 4 rings (SSSR count). The Balaban J connectivity index is 1.43. The molecule has 1 aliphatic heterocycles. The summed E-state index contributed by atoms with van der Waals surface area (Å²) in [5.74, 6) is 0.0699. The lowest BCUT2D eigenvalue weighted by Crippen LogP contribution is -2.34. The van der Waals surface area contributed by atoms with Crippen LogP contribution in [0.5, 0.6) is 5.75 Å². The molecule has 33 heavy (non-hydrogen) atoms. The third-order valence-electron chi connectivity index (χ3n) is 5.73. The Morgan fingerprint density at radius 3 is 2.52 bits per heavy atom. The molecule has 0 saturated carbocycles. The number of nitrogens with one attached hydrogen (secondary N) is 1. The van der Waals surface area contributed by atoms with Crippen LogP contribution in [0.1, 0.15) is 18.9 Å². The number of sulfone groups is 1. The first-order valence-corrected chi connectivity index (χ1v) is 13.9. The number of sulfonamides is 1. The molecule has 1 N–H and O–H groups in total. The first kappa shape index (κ1) is 23.5. The van der Waals surface area contributed by atoms with E-state index >= 15 is 0 Å². The van der Waals surface area contributed by atoms with Crippen LogP contribution in [0.15, 0.2) is 59.6 Å². The van der Waals surface area contributed by atoms with Crippen LogP contribution in [-0.2, 0) is 19.9 Å². The minimum Gasteiger partial charge on any atom is -0.493 e. The summed E-state index contributed by atoms with van der Waals surface area (Å²) in [7, 11) is -6.81. The van der Waals surface area contributed by atoms with Crippen molar-refractivity contribution in [3.8, 4) is 5.75 Å². The summed E-state index contributed by atoms with van der Waals surface area (Å²) >= 11 is 0. The van der Waals surface area contributed by atoms with E-state index in [1.165, 1.54) is 40.7 Å². The highest BCUT2D eigenvalue weighted by molar-refractivity contribution is 7.91. The molecule has 0 unspecified atom stereocenters. The average Bonchev–Trinajstić information content (AvgIpc) is 3.22. The zero-order chi connectivity index (χ0) is 23.6. The fourth-order valence-electron chi connectivity index (χ4n) is 3.77. The van der Waals surface area contributed by atoms with Crippen molar-refractivity contribution in [2.24, 2.45) is 0 Å². The molecule has 2 heterocycles. The standard InChI is InChI=1S/C23H25FN2O5S2/c1-2-32(27,28)14-13-31-19-4-6-20(7-5-19)33(29,30)26-11-9-17(10-12-26)22-16-25-23-15-18(24)3-8-21(22)23/h3-9,15-16,25H,2,10-14H2,1H3. The van der Waals surface area contributed by atoms with Crippen LogP contribution in [0.2, 0.25) is 0 Å². The second kappa shape index (κ2) is 9.28. The monoisotopic (exact) mass is 492 g/mol. The molecule has 0 spiro atoms. The van der Waals surface area contributed by atoms with Crippen LogP contribution in [-0.4, -0.2) is 57.3 Å². The molecule has 176 valence electrons. The lowest BCUT2D eigenvalue weighted by atomic mass is 10.00. The maximum atomic E-state index is 13.4. The van der Waals surface area contributed by atoms with E-state index in [2.05, 4.69) is 4.98 Å². The molecule has 0 aliphatic carbocycles. The summed E-state index contributed by atoms with van der Waals surface area (Å²) in [6, 6.07) is 10.6. The zero-order valence-corrected chi connectivity index (χ0v) is 19.8. The Morgan fingerprint density at radius 1 is 1.09 bits per heavy atom. The Bertz CT molecular complexity index is 1390. The van der Waals surface area contributed by atoms with E-state index < -0.39 is 19.9 Å². The third kappa shape index (κ3) is 5.13. The summed E-state index contributed by atoms with van der Waals surface area (Å²) < 4.78 is 69.5. The first-order valence-electron chi connectivity index (χ1n) is 10.6. The predicted octanol–water partition coefficient (Wildman–Crippen LogP) is 3.60. The third-order valence-corrected chi connectivity index (χ3v) is 9.27. The van der Waals surface area contributed by atoms with Crippen LogP contribution >= 0.6 is 0 Å². The molecule has 2 aromatic carbocycles. The lowest BCUT2D eigenvalue weighted by Gasteiger charge is -2.26. The molecule has 0 saturated heterocycles. The van der Waals surface area contributed by atoms with Gasteiger partial charge in [-0.1, -0.05) is 13.0 Å². The van der Waals surface area contributed by atoms with Gasteiger partial charge >= 0.3 is 0 Å². The van der Waals surface area contributed by atoms with Gasteiger partial charge < -0.3 is 9.72 Å². The fraction of sp³-hybridized carbons (Fsp3) is 0.304. The molecular formula is C23H25FN2O5S2. The average molecular weight is 493 g/mol. The molecule has 7 nitrogen and oxygen atoms in total. The van der Waals surface area contributed by atoms with E-state index in [-0.39, 0.29) is 35.4 Å². The van der Waals surface area contributed by atoms with Crippen LogP contribution in [0.3, 0.4) is 0 Å². The smallest absolute Gasteiger partial charge is 0.243 e. The maximum Gasteiger partial charge on any atom is 0.243 e. The summed E-state index contributed by atoms with van der Waals surface area (Å²) in [5.41, 5.74) is 2.68. The molecule has 0 radical (unpaired) electrons. The van der Waals surface area contributed by atoms with Gasteiger partial charge in [-0.05, 0) is 54.5 Å². The van der Waals surface area contributed by atoms with Gasteiger partial charge in [-0.3, -0.25) is 0 Å².